The monoisotopic (exact) mass is 415 g/mol. The molecule has 0 heterocycles. The Labute approximate surface area is 173 Å². The average Bonchev–Trinajstić information content (AvgIpc) is 2.66. The van der Waals surface area contributed by atoms with Crippen LogP contribution in [0.15, 0.2) is 60.7 Å². The van der Waals surface area contributed by atoms with Crippen molar-refractivity contribution in [3.05, 3.63) is 81.8 Å². The summed E-state index contributed by atoms with van der Waals surface area (Å²) in [4.78, 5) is 11.2. The number of ether oxygens (including phenoxy) is 1. The smallest absolute Gasteiger partial charge is 0.258 e. The Morgan fingerprint density at radius 3 is 2.32 bits per heavy atom. The maximum absolute atomic E-state index is 11.2. The highest BCUT2D eigenvalue weighted by Crippen LogP contribution is 2.35. The second kappa shape index (κ2) is 8.55. The summed E-state index contributed by atoms with van der Waals surface area (Å²) in [6.45, 7) is 1.56. The first kappa shape index (κ1) is 20.1. The first-order valence-electron chi connectivity index (χ1n) is 8.66. The Morgan fingerprint density at radius 2 is 1.71 bits per heavy atom. The van der Waals surface area contributed by atoms with Crippen molar-refractivity contribution in [3.63, 3.8) is 0 Å². The minimum atomic E-state index is -0.788. The predicted molar refractivity (Wildman–Crippen MR) is 112 cm³/mol. The van der Waals surface area contributed by atoms with Gasteiger partial charge in [0.2, 0.25) is 0 Å². The molecule has 1 amide bonds. The second-order valence-electron chi connectivity index (χ2n) is 6.42. The van der Waals surface area contributed by atoms with Crippen LogP contribution in [-0.4, -0.2) is 17.1 Å². The Bertz CT molecular complexity index is 983. The molecule has 0 saturated carbocycles. The predicted octanol–water partition coefficient (Wildman–Crippen LogP) is 5.21. The van der Waals surface area contributed by atoms with Crippen molar-refractivity contribution in [1.82, 2.24) is 0 Å². The Kier molecular flexibility index (Phi) is 6.12. The maximum Gasteiger partial charge on any atom is 0.258 e. The number of rotatable bonds is 6. The zero-order valence-electron chi connectivity index (χ0n) is 15.2. The fraction of sp³-hybridized carbons (Fsp3) is 0.136. The van der Waals surface area contributed by atoms with E-state index >= 15 is 0 Å². The number of halogens is 2. The molecule has 0 aliphatic rings. The summed E-state index contributed by atoms with van der Waals surface area (Å²) < 4.78 is 5.46. The molecule has 3 N–H and O–H groups in total. The van der Waals surface area contributed by atoms with Crippen molar-refractivity contribution < 1.29 is 14.6 Å². The number of carbonyl (C=O) groups is 1. The number of benzene rings is 3. The van der Waals surface area contributed by atoms with Crippen molar-refractivity contribution in [2.45, 2.75) is 19.4 Å². The van der Waals surface area contributed by atoms with Crippen LogP contribution in [0.3, 0.4) is 0 Å². The van der Waals surface area contributed by atoms with Gasteiger partial charge in [0.1, 0.15) is 11.5 Å². The van der Waals surface area contributed by atoms with Gasteiger partial charge < -0.3 is 15.6 Å². The molecule has 0 bridgehead atoms. The summed E-state index contributed by atoms with van der Waals surface area (Å²) in [5, 5.41) is 11.1. The first-order valence-corrected chi connectivity index (χ1v) is 9.42. The summed E-state index contributed by atoms with van der Waals surface area (Å²) in [7, 11) is 0. The van der Waals surface area contributed by atoms with Crippen LogP contribution >= 0.6 is 23.2 Å². The van der Waals surface area contributed by atoms with Gasteiger partial charge in [-0.3, -0.25) is 4.79 Å². The number of hydrogen-bond acceptors (Lipinski definition) is 3. The number of aromatic hydroxyl groups is 1. The van der Waals surface area contributed by atoms with E-state index in [4.69, 9.17) is 33.7 Å². The van der Waals surface area contributed by atoms with Gasteiger partial charge in [-0.2, -0.15) is 0 Å². The molecule has 0 saturated heterocycles. The van der Waals surface area contributed by atoms with E-state index in [9.17, 15) is 9.90 Å². The average molecular weight is 416 g/mol. The van der Waals surface area contributed by atoms with Crippen LogP contribution in [-0.2, 0) is 11.2 Å². The second-order valence-corrected chi connectivity index (χ2v) is 7.24. The highest BCUT2D eigenvalue weighted by molar-refractivity contribution is 6.36. The summed E-state index contributed by atoms with van der Waals surface area (Å²) in [6.07, 6.45) is -0.313. The molecule has 4 nitrogen and oxygen atoms in total. The van der Waals surface area contributed by atoms with E-state index in [1.165, 1.54) is 0 Å². The third kappa shape index (κ3) is 4.58. The molecule has 28 heavy (non-hydrogen) atoms. The summed E-state index contributed by atoms with van der Waals surface area (Å²) in [6, 6.07) is 18.3. The quantitative estimate of drug-likeness (QED) is 0.580. The first-order chi connectivity index (χ1) is 13.3. The standard InChI is InChI=1S/C22H19Cl2NO3/c1-13(22(25)27)28-16-11-19(23)18(20(24)12-16)10-14-7-8-21(26)17(9-14)15-5-3-2-4-6-15/h2-9,11-13,26H,10H2,1H3,(H2,25,27)/t13-/m0/s1. The largest absolute Gasteiger partial charge is 0.507 e. The van der Waals surface area contributed by atoms with E-state index in [0.29, 0.717) is 22.2 Å². The van der Waals surface area contributed by atoms with Gasteiger partial charge in [-0.1, -0.05) is 59.6 Å². The molecule has 0 unspecified atom stereocenters. The fourth-order valence-electron chi connectivity index (χ4n) is 2.83. The van der Waals surface area contributed by atoms with Gasteiger partial charge in [0.05, 0.1) is 0 Å². The third-order valence-corrected chi connectivity index (χ3v) is 5.03. The number of phenols is 1. The number of primary amides is 1. The lowest BCUT2D eigenvalue weighted by molar-refractivity contribution is -0.123. The van der Waals surface area contributed by atoms with Crippen LogP contribution < -0.4 is 10.5 Å². The molecule has 0 radical (unpaired) electrons. The van der Waals surface area contributed by atoms with Gasteiger partial charge in [-0.05, 0) is 47.9 Å². The highest BCUT2D eigenvalue weighted by atomic mass is 35.5. The highest BCUT2D eigenvalue weighted by Gasteiger charge is 2.15. The van der Waals surface area contributed by atoms with Crippen LogP contribution in [0.25, 0.3) is 11.1 Å². The van der Waals surface area contributed by atoms with Crippen LogP contribution in [0.5, 0.6) is 11.5 Å². The molecule has 1 atom stereocenters. The van der Waals surface area contributed by atoms with E-state index in [2.05, 4.69) is 0 Å². The molecule has 3 aromatic rings. The summed E-state index contributed by atoms with van der Waals surface area (Å²) >= 11 is 12.8. The Balaban J connectivity index is 1.89. The molecule has 0 spiro atoms. The number of phenolic OH excluding ortho intramolecular Hbond substituents is 1. The zero-order chi connectivity index (χ0) is 20.3. The summed E-state index contributed by atoms with van der Waals surface area (Å²) in [5.41, 5.74) is 8.55. The zero-order valence-corrected chi connectivity index (χ0v) is 16.7. The van der Waals surface area contributed by atoms with Crippen molar-refractivity contribution in [3.8, 4) is 22.6 Å². The number of carbonyl (C=O) groups excluding carboxylic acids is 1. The lowest BCUT2D eigenvalue weighted by Crippen LogP contribution is -2.30. The summed E-state index contributed by atoms with van der Waals surface area (Å²) in [5.74, 6) is 0.00548. The van der Waals surface area contributed by atoms with Crippen molar-refractivity contribution in [1.29, 1.82) is 0 Å². The number of amides is 1. The van der Waals surface area contributed by atoms with Crippen LogP contribution in [0.2, 0.25) is 10.0 Å². The van der Waals surface area contributed by atoms with Gasteiger partial charge in [-0.25, -0.2) is 0 Å². The minimum Gasteiger partial charge on any atom is -0.507 e. The van der Waals surface area contributed by atoms with E-state index in [1.807, 2.05) is 42.5 Å². The Morgan fingerprint density at radius 1 is 1.07 bits per heavy atom. The molecule has 0 aromatic heterocycles. The molecule has 0 fully saturated rings. The maximum atomic E-state index is 11.2. The van der Waals surface area contributed by atoms with Gasteiger partial charge in [0.15, 0.2) is 6.10 Å². The molecule has 3 rings (SSSR count). The molecular formula is C22H19Cl2NO3. The van der Waals surface area contributed by atoms with Crippen molar-refractivity contribution >= 4 is 29.1 Å². The Hall–Kier alpha value is -2.69. The topological polar surface area (TPSA) is 72.6 Å². The van der Waals surface area contributed by atoms with Crippen molar-refractivity contribution in [2.24, 2.45) is 5.73 Å². The lowest BCUT2D eigenvalue weighted by Gasteiger charge is -2.15. The molecular weight excluding hydrogens is 397 g/mol. The van der Waals surface area contributed by atoms with Gasteiger partial charge in [0, 0.05) is 22.0 Å². The molecule has 144 valence electrons. The number of hydrogen-bond donors (Lipinski definition) is 2. The van der Waals surface area contributed by atoms with Crippen LogP contribution in [0, 0.1) is 0 Å². The number of nitrogens with two attached hydrogens (primary N) is 1. The fourth-order valence-corrected chi connectivity index (χ4v) is 3.43. The van der Waals surface area contributed by atoms with Gasteiger partial charge in [-0.15, -0.1) is 0 Å². The molecule has 3 aromatic carbocycles. The third-order valence-electron chi connectivity index (χ3n) is 4.35. The van der Waals surface area contributed by atoms with Gasteiger partial charge >= 0.3 is 0 Å². The van der Waals surface area contributed by atoms with Crippen LogP contribution in [0.4, 0.5) is 0 Å². The van der Waals surface area contributed by atoms with E-state index < -0.39 is 12.0 Å². The van der Waals surface area contributed by atoms with Gasteiger partial charge in [0.25, 0.3) is 5.91 Å². The molecule has 0 aliphatic heterocycles. The molecule has 6 heteroatoms. The SMILES string of the molecule is C[C@H](Oc1cc(Cl)c(Cc2ccc(O)c(-c3ccccc3)c2)c(Cl)c1)C(N)=O. The van der Waals surface area contributed by atoms with E-state index in [1.54, 1.807) is 25.1 Å². The van der Waals surface area contributed by atoms with Crippen LogP contribution in [0.1, 0.15) is 18.1 Å². The molecule has 0 aliphatic carbocycles. The normalized spacial score (nSPS) is 11.8. The lowest BCUT2D eigenvalue weighted by atomic mass is 9.98. The van der Waals surface area contributed by atoms with E-state index in [-0.39, 0.29) is 5.75 Å². The van der Waals surface area contributed by atoms with E-state index in [0.717, 1.165) is 22.3 Å². The van der Waals surface area contributed by atoms with Crippen molar-refractivity contribution in [2.75, 3.05) is 0 Å². The minimum absolute atomic E-state index is 0.205.